The second-order valence-corrected chi connectivity index (χ2v) is 10.4. The molecule has 8 nitrogen and oxygen atoms in total. The van der Waals surface area contributed by atoms with Crippen molar-refractivity contribution < 1.29 is 44.0 Å². The van der Waals surface area contributed by atoms with E-state index in [0.29, 0.717) is 17.0 Å². The molecule has 0 saturated heterocycles. The van der Waals surface area contributed by atoms with Crippen molar-refractivity contribution in [2.75, 3.05) is 4.90 Å². The van der Waals surface area contributed by atoms with Gasteiger partial charge in [-0.15, -0.1) is 0 Å². The molecule has 5 rings (SSSR count). The van der Waals surface area contributed by atoms with E-state index >= 15 is 0 Å². The van der Waals surface area contributed by atoms with Gasteiger partial charge in [0.2, 0.25) is 0 Å². The Morgan fingerprint density at radius 3 is 1.84 bits per heavy atom. The van der Waals surface area contributed by atoms with Gasteiger partial charge in [0, 0.05) is 45.8 Å². The van der Waals surface area contributed by atoms with Crippen molar-refractivity contribution in [1.82, 2.24) is 19.9 Å². The van der Waals surface area contributed by atoms with Crippen molar-refractivity contribution in [3.05, 3.63) is 108 Å². The summed E-state index contributed by atoms with van der Waals surface area (Å²) in [6, 6.07) is 16.0. The smallest absolute Gasteiger partial charge is 1.00 e. The fraction of sp³-hybridized carbons (Fsp3) is 0.0769. The first kappa shape index (κ1) is 27.2. The molecule has 0 atom stereocenters. The molecule has 0 fully saturated rings. The number of fused-ring (bicyclic) bond motifs is 2. The molecule has 0 unspecified atom stereocenters. The van der Waals surface area contributed by atoms with Crippen LogP contribution in [-0.4, -0.2) is 32.9 Å². The SMILES string of the molecule is CC(C(=C(C)N1c2ccccc2Sc2ccccc21)c1cnccn1)=C(c1cnccn1)S(=O)(=O)O.[H-].[Na+]. The monoisotopic (exact) mass is 539 g/mol. The summed E-state index contributed by atoms with van der Waals surface area (Å²) in [6.45, 7) is 3.52. The molecule has 3 heterocycles. The summed E-state index contributed by atoms with van der Waals surface area (Å²) in [4.78, 5) is 20.7. The average molecular weight is 540 g/mol. The number of rotatable bonds is 5. The van der Waals surface area contributed by atoms with Crippen LogP contribution in [-0.2, 0) is 10.1 Å². The summed E-state index contributed by atoms with van der Waals surface area (Å²) in [5.41, 5.74) is 3.84. The molecular formula is C26H22N5NaO3S2. The van der Waals surface area contributed by atoms with Crippen molar-refractivity contribution in [3.63, 3.8) is 0 Å². The minimum atomic E-state index is -4.68. The van der Waals surface area contributed by atoms with Crippen LogP contribution in [0.4, 0.5) is 11.4 Å². The molecule has 4 aromatic rings. The molecule has 2 aromatic carbocycles. The van der Waals surface area contributed by atoms with E-state index in [1.54, 1.807) is 37.3 Å². The maximum Gasteiger partial charge on any atom is 1.00 e. The topological polar surface area (TPSA) is 109 Å². The molecule has 0 saturated carbocycles. The van der Waals surface area contributed by atoms with Gasteiger partial charge in [0.25, 0.3) is 10.1 Å². The van der Waals surface area contributed by atoms with Crippen molar-refractivity contribution in [3.8, 4) is 0 Å². The molecular weight excluding hydrogens is 517 g/mol. The van der Waals surface area contributed by atoms with Gasteiger partial charge >= 0.3 is 29.6 Å². The Morgan fingerprint density at radius 2 is 1.35 bits per heavy atom. The van der Waals surface area contributed by atoms with Crippen molar-refractivity contribution in [2.24, 2.45) is 0 Å². The average Bonchev–Trinajstić information content (AvgIpc) is 2.88. The first-order chi connectivity index (χ1) is 17.4. The number of aromatic nitrogens is 4. The summed E-state index contributed by atoms with van der Waals surface area (Å²) < 4.78 is 35.6. The minimum absolute atomic E-state index is 0. The van der Waals surface area contributed by atoms with Gasteiger partial charge in [-0.3, -0.25) is 24.5 Å². The molecule has 0 aliphatic carbocycles. The van der Waals surface area contributed by atoms with Gasteiger partial charge in [0.05, 0.1) is 29.5 Å². The van der Waals surface area contributed by atoms with E-state index in [4.69, 9.17) is 0 Å². The third-order valence-electron chi connectivity index (χ3n) is 5.72. The van der Waals surface area contributed by atoms with Gasteiger partial charge in [0.15, 0.2) is 0 Å². The molecule has 0 bridgehead atoms. The standard InChI is InChI=1S/C26H21N5O3S2.Na.H/c1-17(26(36(32,33)34)20-16-28-12-14-30-20)25(19-15-27-11-13-29-19)18(2)31-21-7-3-5-9-23(21)35-24-10-6-4-8-22(24)31;;/h3-16H,1-2H3,(H,32,33,34);;/q;+1;-1. The number of hydrogen-bond donors (Lipinski definition) is 1. The molecule has 0 spiro atoms. The normalized spacial score (nSPS) is 14.0. The van der Waals surface area contributed by atoms with Gasteiger partial charge in [-0.2, -0.15) is 8.42 Å². The van der Waals surface area contributed by atoms with Crippen LogP contribution in [0.15, 0.2) is 107 Å². The molecule has 11 heteroatoms. The van der Waals surface area contributed by atoms with Crippen LogP contribution in [0.5, 0.6) is 0 Å². The largest absolute Gasteiger partial charge is 1.00 e. The van der Waals surface area contributed by atoms with E-state index in [2.05, 4.69) is 24.8 Å². The number of hydrogen-bond acceptors (Lipinski definition) is 8. The van der Waals surface area contributed by atoms with Gasteiger partial charge in [0.1, 0.15) is 10.6 Å². The Bertz CT molecular complexity index is 1570. The van der Waals surface area contributed by atoms with Crippen LogP contribution < -0.4 is 34.5 Å². The Morgan fingerprint density at radius 1 is 0.838 bits per heavy atom. The molecule has 37 heavy (non-hydrogen) atoms. The predicted octanol–water partition coefficient (Wildman–Crippen LogP) is 2.74. The molecule has 182 valence electrons. The number of para-hydroxylation sites is 2. The molecule has 0 amide bonds. The molecule has 0 radical (unpaired) electrons. The van der Waals surface area contributed by atoms with Crippen LogP contribution >= 0.6 is 11.8 Å². The molecule has 1 aliphatic heterocycles. The van der Waals surface area contributed by atoms with Gasteiger partial charge < -0.3 is 6.33 Å². The first-order valence-electron chi connectivity index (χ1n) is 10.9. The maximum absolute atomic E-state index is 12.7. The van der Waals surface area contributed by atoms with E-state index in [1.165, 1.54) is 18.6 Å². The Balaban J connectivity index is 0.00000200. The third-order valence-corrected chi connectivity index (χ3v) is 7.88. The first-order valence-corrected chi connectivity index (χ1v) is 13.2. The van der Waals surface area contributed by atoms with Crippen LogP contribution in [0.2, 0.25) is 0 Å². The van der Waals surface area contributed by atoms with Crippen molar-refractivity contribution in [2.45, 2.75) is 23.6 Å². The van der Waals surface area contributed by atoms with Crippen LogP contribution in [0.25, 0.3) is 10.5 Å². The second-order valence-electron chi connectivity index (χ2n) is 7.94. The zero-order valence-electron chi connectivity index (χ0n) is 21.4. The van der Waals surface area contributed by atoms with Crippen LogP contribution in [0.1, 0.15) is 26.7 Å². The Hall–Kier alpha value is -2.86. The fourth-order valence-corrected chi connectivity index (χ4v) is 6.22. The molecule has 1 aliphatic rings. The van der Waals surface area contributed by atoms with E-state index in [0.717, 1.165) is 21.2 Å². The minimum Gasteiger partial charge on any atom is -1.00 e. The molecule has 2 aromatic heterocycles. The summed E-state index contributed by atoms with van der Waals surface area (Å²) in [6.07, 6.45) is 8.77. The van der Waals surface area contributed by atoms with Crippen molar-refractivity contribution in [1.29, 1.82) is 0 Å². The maximum atomic E-state index is 12.7. The molecule has 1 N–H and O–H groups in total. The van der Waals surface area contributed by atoms with E-state index in [9.17, 15) is 13.0 Å². The van der Waals surface area contributed by atoms with E-state index in [1.807, 2.05) is 55.5 Å². The summed E-state index contributed by atoms with van der Waals surface area (Å²) in [7, 11) is -4.68. The predicted molar refractivity (Wildman–Crippen MR) is 141 cm³/mol. The van der Waals surface area contributed by atoms with Crippen molar-refractivity contribution >= 4 is 43.7 Å². The zero-order chi connectivity index (χ0) is 25.3. The second kappa shape index (κ2) is 11.3. The van der Waals surface area contributed by atoms with Crippen LogP contribution in [0, 0.1) is 0 Å². The quantitative estimate of drug-likeness (QED) is 0.233. The van der Waals surface area contributed by atoms with E-state index in [-0.39, 0.29) is 47.2 Å². The number of anilines is 2. The van der Waals surface area contributed by atoms with Gasteiger partial charge in [-0.05, 0) is 43.7 Å². The number of allylic oxidation sites excluding steroid dienone is 3. The summed E-state index contributed by atoms with van der Waals surface area (Å²) in [5.74, 6) is 0. The fourth-order valence-electron chi connectivity index (χ4n) is 4.30. The Kier molecular flexibility index (Phi) is 8.27. The summed E-state index contributed by atoms with van der Waals surface area (Å²) >= 11 is 1.67. The van der Waals surface area contributed by atoms with Gasteiger partial charge in [-0.1, -0.05) is 36.0 Å². The number of nitrogens with zero attached hydrogens (tertiary/aromatic N) is 5. The third kappa shape index (κ3) is 5.40. The summed E-state index contributed by atoms with van der Waals surface area (Å²) in [5, 5.41) is 0. The zero-order valence-corrected chi connectivity index (χ0v) is 24.0. The van der Waals surface area contributed by atoms with Gasteiger partial charge in [-0.25, -0.2) is 0 Å². The van der Waals surface area contributed by atoms with E-state index < -0.39 is 10.1 Å². The number of benzene rings is 2. The van der Waals surface area contributed by atoms with Crippen LogP contribution in [0.3, 0.4) is 0 Å². The Labute approximate surface area is 243 Å².